The molecule has 0 aliphatic carbocycles. The van der Waals surface area contributed by atoms with Crippen molar-refractivity contribution in [1.82, 2.24) is 0 Å². The highest BCUT2D eigenvalue weighted by Crippen LogP contribution is 2.38. The molecule has 112 valence electrons. The summed E-state index contributed by atoms with van der Waals surface area (Å²) in [5, 5.41) is 11.0. The van der Waals surface area contributed by atoms with Gasteiger partial charge in [0.2, 0.25) is 0 Å². The van der Waals surface area contributed by atoms with Gasteiger partial charge in [0.25, 0.3) is 0 Å². The van der Waals surface area contributed by atoms with Gasteiger partial charge in [-0.15, -0.1) is 0 Å². The number of carbonyl (C=O) groups excluding carboxylic acids is 1. The fourth-order valence-electron chi connectivity index (χ4n) is 2.61. The molecule has 0 spiro atoms. The molecule has 1 aromatic carbocycles. The van der Waals surface area contributed by atoms with Crippen LogP contribution >= 0.6 is 0 Å². The molecule has 1 aromatic rings. The molecule has 0 radical (unpaired) electrons. The van der Waals surface area contributed by atoms with E-state index >= 15 is 0 Å². The zero-order chi connectivity index (χ0) is 15.3. The van der Waals surface area contributed by atoms with E-state index in [0.29, 0.717) is 12.0 Å². The summed E-state index contributed by atoms with van der Waals surface area (Å²) >= 11 is 0. The Balaban J connectivity index is 3.27. The Morgan fingerprint density at radius 3 is 2.50 bits per heavy atom. The van der Waals surface area contributed by atoms with E-state index in [-0.39, 0.29) is 12.5 Å². The van der Waals surface area contributed by atoms with Crippen LogP contribution in [-0.2, 0) is 15.1 Å². The average Bonchev–Trinajstić information content (AvgIpc) is 2.38. The standard InChI is InChI=1S/C16H23FO3/c1-5-16(19,12-8-7-9-13(17)10-12)14(11(3)4)15(18)20-6-2/h7-11,14,19H,5-6H2,1-4H3. The molecule has 0 saturated carbocycles. The maximum absolute atomic E-state index is 13.4. The van der Waals surface area contributed by atoms with E-state index in [1.165, 1.54) is 18.2 Å². The second kappa shape index (κ2) is 6.84. The monoisotopic (exact) mass is 282 g/mol. The number of benzene rings is 1. The van der Waals surface area contributed by atoms with Crippen LogP contribution in [0.4, 0.5) is 4.39 Å². The van der Waals surface area contributed by atoms with Gasteiger partial charge in [-0.1, -0.05) is 32.9 Å². The number of ether oxygens (including phenoxy) is 1. The van der Waals surface area contributed by atoms with Crippen molar-refractivity contribution in [3.63, 3.8) is 0 Å². The summed E-state index contributed by atoms with van der Waals surface area (Å²) in [7, 11) is 0. The van der Waals surface area contributed by atoms with Gasteiger partial charge in [0.1, 0.15) is 11.4 Å². The molecule has 1 rings (SSSR count). The molecule has 1 N–H and O–H groups in total. The number of carbonyl (C=O) groups is 1. The van der Waals surface area contributed by atoms with Crippen molar-refractivity contribution in [1.29, 1.82) is 0 Å². The van der Waals surface area contributed by atoms with Gasteiger partial charge in [-0.2, -0.15) is 0 Å². The van der Waals surface area contributed by atoms with E-state index in [1.54, 1.807) is 19.9 Å². The lowest BCUT2D eigenvalue weighted by Gasteiger charge is -2.36. The predicted molar refractivity (Wildman–Crippen MR) is 75.5 cm³/mol. The summed E-state index contributed by atoms with van der Waals surface area (Å²) in [6.45, 7) is 7.45. The van der Waals surface area contributed by atoms with Gasteiger partial charge in [0.15, 0.2) is 0 Å². The van der Waals surface area contributed by atoms with Crippen molar-refractivity contribution in [2.45, 2.75) is 39.7 Å². The second-order valence-corrected chi connectivity index (χ2v) is 5.26. The number of aliphatic hydroxyl groups is 1. The van der Waals surface area contributed by atoms with Gasteiger partial charge in [-0.3, -0.25) is 4.79 Å². The largest absolute Gasteiger partial charge is 0.466 e. The number of halogens is 1. The van der Waals surface area contributed by atoms with Crippen LogP contribution in [-0.4, -0.2) is 17.7 Å². The topological polar surface area (TPSA) is 46.5 Å². The first-order valence-corrected chi connectivity index (χ1v) is 7.01. The Kier molecular flexibility index (Phi) is 5.69. The Morgan fingerprint density at radius 1 is 1.40 bits per heavy atom. The van der Waals surface area contributed by atoms with Crippen molar-refractivity contribution in [3.8, 4) is 0 Å². The van der Waals surface area contributed by atoms with Gasteiger partial charge in [-0.05, 0) is 37.0 Å². The highest BCUT2D eigenvalue weighted by molar-refractivity contribution is 5.74. The molecule has 2 atom stereocenters. The molecule has 20 heavy (non-hydrogen) atoms. The maximum Gasteiger partial charge on any atom is 0.312 e. The number of esters is 1. The summed E-state index contributed by atoms with van der Waals surface area (Å²) in [4.78, 5) is 12.2. The second-order valence-electron chi connectivity index (χ2n) is 5.26. The van der Waals surface area contributed by atoms with E-state index in [2.05, 4.69) is 0 Å². The first-order chi connectivity index (χ1) is 9.36. The van der Waals surface area contributed by atoms with Crippen LogP contribution in [0.15, 0.2) is 24.3 Å². The van der Waals surface area contributed by atoms with Gasteiger partial charge in [0, 0.05) is 0 Å². The molecule has 0 fully saturated rings. The molecule has 0 saturated heterocycles. The molecule has 0 bridgehead atoms. The minimum Gasteiger partial charge on any atom is -0.466 e. The molecule has 4 heteroatoms. The van der Waals surface area contributed by atoms with Crippen molar-refractivity contribution in [2.75, 3.05) is 6.61 Å². The van der Waals surface area contributed by atoms with E-state index in [1.807, 2.05) is 13.8 Å². The average molecular weight is 282 g/mol. The van der Waals surface area contributed by atoms with Crippen molar-refractivity contribution < 1.29 is 19.0 Å². The zero-order valence-corrected chi connectivity index (χ0v) is 12.5. The maximum atomic E-state index is 13.4. The molecule has 0 aliphatic heterocycles. The third kappa shape index (κ3) is 3.37. The molecule has 0 amide bonds. The Labute approximate surface area is 119 Å². The van der Waals surface area contributed by atoms with E-state index in [9.17, 15) is 14.3 Å². The highest BCUT2D eigenvalue weighted by atomic mass is 19.1. The van der Waals surface area contributed by atoms with Crippen LogP contribution in [0.5, 0.6) is 0 Å². The van der Waals surface area contributed by atoms with Crippen molar-refractivity contribution in [3.05, 3.63) is 35.6 Å². The molecule has 0 heterocycles. The van der Waals surface area contributed by atoms with Crippen LogP contribution in [0.1, 0.15) is 39.7 Å². The van der Waals surface area contributed by atoms with Crippen molar-refractivity contribution in [2.24, 2.45) is 11.8 Å². The smallest absolute Gasteiger partial charge is 0.312 e. The quantitative estimate of drug-likeness (QED) is 0.815. The Hall–Kier alpha value is -1.42. The summed E-state index contributed by atoms with van der Waals surface area (Å²) in [6, 6.07) is 5.77. The summed E-state index contributed by atoms with van der Waals surface area (Å²) in [6.07, 6.45) is 0.304. The molecule has 3 nitrogen and oxygen atoms in total. The van der Waals surface area contributed by atoms with E-state index in [4.69, 9.17) is 4.74 Å². The Bertz CT molecular complexity index is 459. The van der Waals surface area contributed by atoms with Gasteiger partial charge in [0.05, 0.1) is 12.5 Å². The molecular formula is C16H23FO3. The number of rotatable bonds is 6. The van der Waals surface area contributed by atoms with Crippen LogP contribution in [0.3, 0.4) is 0 Å². The van der Waals surface area contributed by atoms with Crippen LogP contribution in [0.25, 0.3) is 0 Å². The van der Waals surface area contributed by atoms with Gasteiger partial charge < -0.3 is 9.84 Å². The fraction of sp³-hybridized carbons (Fsp3) is 0.562. The fourth-order valence-corrected chi connectivity index (χ4v) is 2.61. The van der Waals surface area contributed by atoms with Crippen LogP contribution in [0, 0.1) is 17.7 Å². The zero-order valence-electron chi connectivity index (χ0n) is 12.5. The minimum atomic E-state index is -1.43. The minimum absolute atomic E-state index is 0.123. The molecule has 0 aromatic heterocycles. The number of hydrogen-bond acceptors (Lipinski definition) is 3. The Morgan fingerprint density at radius 2 is 2.05 bits per heavy atom. The summed E-state index contributed by atoms with van der Waals surface area (Å²) < 4.78 is 18.5. The lowest BCUT2D eigenvalue weighted by Crippen LogP contribution is -2.43. The molecule has 2 unspecified atom stereocenters. The first kappa shape index (κ1) is 16.6. The third-order valence-corrected chi connectivity index (χ3v) is 3.59. The summed E-state index contributed by atoms with van der Waals surface area (Å²) in [5.74, 6) is -1.73. The predicted octanol–water partition coefficient (Wildman–Crippen LogP) is 3.26. The third-order valence-electron chi connectivity index (χ3n) is 3.59. The first-order valence-electron chi connectivity index (χ1n) is 7.01. The van der Waals surface area contributed by atoms with Crippen LogP contribution < -0.4 is 0 Å². The lowest BCUT2D eigenvalue weighted by atomic mass is 9.73. The lowest BCUT2D eigenvalue weighted by molar-refractivity contribution is -0.163. The number of hydrogen-bond donors (Lipinski definition) is 1. The van der Waals surface area contributed by atoms with Gasteiger partial charge in [-0.25, -0.2) is 4.39 Å². The van der Waals surface area contributed by atoms with Crippen LogP contribution in [0.2, 0.25) is 0 Å². The molecular weight excluding hydrogens is 259 g/mol. The highest BCUT2D eigenvalue weighted by Gasteiger charge is 2.44. The normalized spacial score (nSPS) is 15.8. The molecule has 0 aliphatic rings. The van der Waals surface area contributed by atoms with E-state index in [0.717, 1.165) is 0 Å². The van der Waals surface area contributed by atoms with Crippen molar-refractivity contribution >= 4 is 5.97 Å². The summed E-state index contributed by atoms with van der Waals surface area (Å²) in [5.41, 5.74) is -1.02. The SMILES string of the molecule is CCOC(=O)C(C(C)C)C(O)(CC)c1cccc(F)c1. The van der Waals surface area contributed by atoms with Gasteiger partial charge >= 0.3 is 5.97 Å². The van der Waals surface area contributed by atoms with E-state index < -0.39 is 23.3 Å².